The minimum atomic E-state index is -0.286. The number of carbonyl (C=O) groups excluding carboxylic acids is 2. The van der Waals surface area contributed by atoms with Gasteiger partial charge in [-0.1, -0.05) is 72.8 Å². The van der Waals surface area contributed by atoms with Crippen molar-refractivity contribution in [2.75, 3.05) is 19.8 Å². The average Bonchev–Trinajstić information content (AvgIpc) is 2.95. The van der Waals surface area contributed by atoms with Crippen LogP contribution in [-0.4, -0.2) is 37.6 Å². The molecule has 0 aliphatic heterocycles. The van der Waals surface area contributed by atoms with Crippen molar-refractivity contribution in [2.45, 2.75) is 13.0 Å². The minimum absolute atomic E-state index is 0.139. The highest BCUT2D eigenvalue weighted by atomic mass is 79.9. The number of hydrogen-bond acceptors (Lipinski definition) is 4. The molecule has 0 aromatic heterocycles. The Kier molecular flexibility index (Phi) is 10.2. The summed E-state index contributed by atoms with van der Waals surface area (Å²) in [5, 5.41) is 5.60. The molecular formula is C31H28Br2N2O4. The molecule has 8 heteroatoms. The number of amides is 2. The van der Waals surface area contributed by atoms with Crippen molar-refractivity contribution in [1.82, 2.24) is 10.6 Å². The van der Waals surface area contributed by atoms with Gasteiger partial charge in [-0.2, -0.15) is 0 Å². The lowest BCUT2D eigenvalue weighted by molar-refractivity contribution is -0.125. The van der Waals surface area contributed by atoms with E-state index in [0.29, 0.717) is 11.5 Å². The van der Waals surface area contributed by atoms with Crippen molar-refractivity contribution in [1.29, 1.82) is 0 Å². The second-order valence-electron chi connectivity index (χ2n) is 8.87. The van der Waals surface area contributed by atoms with Gasteiger partial charge in [-0.05, 0) is 85.3 Å². The van der Waals surface area contributed by atoms with Crippen LogP contribution < -0.4 is 20.1 Å². The summed E-state index contributed by atoms with van der Waals surface area (Å²) in [4.78, 5) is 24.6. The molecule has 0 radical (unpaired) electrons. The summed E-state index contributed by atoms with van der Waals surface area (Å²) < 4.78 is 12.9. The SMILES string of the molecule is CC(CNC(=O)COc1ccc(-c2ccccc2)cc1Br)NC(=O)COc1ccc(-c2ccccc2)cc1Br. The van der Waals surface area contributed by atoms with Gasteiger partial charge in [0.15, 0.2) is 13.2 Å². The Morgan fingerprint density at radius 1 is 0.667 bits per heavy atom. The van der Waals surface area contributed by atoms with E-state index in [1.165, 1.54) is 0 Å². The van der Waals surface area contributed by atoms with Crippen molar-refractivity contribution in [3.63, 3.8) is 0 Å². The van der Waals surface area contributed by atoms with Gasteiger partial charge in [0.2, 0.25) is 0 Å². The van der Waals surface area contributed by atoms with Crippen LogP contribution in [0.4, 0.5) is 0 Å². The second-order valence-corrected chi connectivity index (χ2v) is 10.6. The molecule has 0 aliphatic rings. The molecule has 1 atom stereocenters. The zero-order chi connectivity index (χ0) is 27.6. The lowest BCUT2D eigenvalue weighted by Crippen LogP contribution is -2.44. The number of ether oxygens (including phenoxy) is 2. The molecule has 0 aliphatic carbocycles. The van der Waals surface area contributed by atoms with E-state index >= 15 is 0 Å². The summed E-state index contributed by atoms with van der Waals surface area (Å²) in [6, 6.07) is 31.2. The number of rotatable bonds is 11. The standard InChI is InChI=1S/C31H28Br2N2O4/c1-21(35-31(37)20-39-29-15-13-25(17-27(29)33)23-10-6-3-7-11-23)18-34-30(36)19-38-28-14-12-24(16-26(28)32)22-8-4-2-5-9-22/h2-17,21H,18-20H2,1H3,(H,34,36)(H,35,37). The van der Waals surface area contributed by atoms with E-state index in [1.54, 1.807) is 0 Å². The Morgan fingerprint density at radius 2 is 1.13 bits per heavy atom. The van der Waals surface area contributed by atoms with Crippen molar-refractivity contribution in [3.8, 4) is 33.8 Å². The number of nitrogens with one attached hydrogen (secondary N) is 2. The third-order valence-corrected chi connectivity index (χ3v) is 7.05. The third kappa shape index (κ3) is 8.43. The van der Waals surface area contributed by atoms with Crippen molar-refractivity contribution >= 4 is 43.7 Å². The number of halogens is 2. The summed E-state index contributed by atoms with van der Waals surface area (Å²) in [5.41, 5.74) is 4.28. The van der Waals surface area contributed by atoms with Crippen molar-refractivity contribution in [2.24, 2.45) is 0 Å². The summed E-state index contributed by atoms with van der Waals surface area (Å²) >= 11 is 7.03. The van der Waals surface area contributed by atoms with Gasteiger partial charge in [0.25, 0.3) is 11.8 Å². The molecule has 4 aromatic rings. The molecule has 4 aromatic carbocycles. The van der Waals surface area contributed by atoms with Gasteiger partial charge in [-0.25, -0.2) is 0 Å². The maximum atomic E-state index is 12.4. The molecule has 0 fully saturated rings. The molecular weight excluding hydrogens is 624 g/mol. The molecule has 0 heterocycles. The fourth-order valence-corrected chi connectivity index (χ4v) is 4.81. The molecule has 0 spiro atoms. The Balaban J connectivity index is 1.17. The molecule has 200 valence electrons. The normalized spacial score (nSPS) is 11.4. The largest absolute Gasteiger partial charge is 0.483 e. The highest BCUT2D eigenvalue weighted by Gasteiger charge is 2.12. The Bertz CT molecular complexity index is 1420. The van der Waals surface area contributed by atoms with Crippen LogP contribution in [0.1, 0.15) is 6.92 Å². The number of benzene rings is 4. The summed E-state index contributed by atoms with van der Waals surface area (Å²) in [5.74, 6) is 0.584. The van der Waals surface area contributed by atoms with Crippen molar-refractivity contribution < 1.29 is 19.1 Å². The number of carbonyl (C=O) groups is 2. The van der Waals surface area contributed by atoms with Crippen LogP contribution in [0.5, 0.6) is 11.5 Å². The van der Waals surface area contributed by atoms with Crippen LogP contribution in [0, 0.1) is 0 Å². The van der Waals surface area contributed by atoms with Crippen LogP contribution >= 0.6 is 31.9 Å². The zero-order valence-electron chi connectivity index (χ0n) is 21.3. The smallest absolute Gasteiger partial charge is 0.258 e. The highest BCUT2D eigenvalue weighted by molar-refractivity contribution is 9.11. The Labute approximate surface area is 245 Å². The van der Waals surface area contributed by atoms with E-state index in [2.05, 4.69) is 42.5 Å². The molecule has 0 saturated carbocycles. The Hall–Kier alpha value is -3.62. The molecule has 2 N–H and O–H groups in total. The molecule has 6 nitrogen and oxygen atoms in total. The van der Waals surface area contributed by atoms with Gasteiger partial charge in [0.05, 0.1) is 8.95 Å². The first kappa shape index (κ1) is 28.4. The fraction of sp³-hybridized carbons (Fsp3) is 0.161. The van der Waals surface area contributed by atoms with E-state index in [9.17, 15) is 9.59 Å². The van der Waals surface area contributed by atoms with Crippen LogP contribution in [0.2, 0.25) is 0 Å². The maximum Gasteiger partial charge on any atom is 0.258 e. The lowest BCUT2D eigenvalue weighted by Gasteiger charge is -2.16. The zero-order valence-corrected chi connectivity index (χ0v) is 24.5. The third-order valence-electron chi connectivity index (χ3n) is 5.81. The first-order valence-corrected chi connectivity index (χ1v) is 14.0. The van der Waals surface area contributed by atoms with Gasteiger partial charge in [0.1, 0.15) is 11.5 Å². The summed E-state index contributed by atoms with van der Waals surface area (Å²) in [6.07, 6.45) is 0. The summed E-state index contributed by atoms with van der Waals surface area (Å²) in [6.45, 7) is 1.79. The molecule has 2 amide bonds. The topological polar surface area (TPSA) is 76.7 Å². The van der Waals surface area contributed by atoms with E-state index in [4.69, 9.17) is 9.47 Å². The predicted molar refractivity (Wildman–Crippen MR) is 161 cm³/mol. The van der Waals surface area contributed by atoms with E-state index in [1.807, 2.05) is 104 Å². The van der Waals surface area contributed by atoms with Crippen LogP contribution in [0.25, 0.3) is 22.3 Å². The van der Waals surface area contributed by atoms with Gasteiger partial charge in [0, 0.05) is 12.6 Å². The minimum Gasteiger partial charge on any atom is -0.483 e. The van der Waals surface area contributed by atoms with Crippen LogP contribution in [0.3, 0.4) is 0 Å². The average molecular weight is 652 g/mol. The van der Waals surface area contributed by atoms with Gasteiger partial charge in [-0.3, -0.25) is 9.59 Å². The number of hydrogen-bond donors (Lipinski definition) is 2. The first-order valence-electron chi connectivity index (χ1n) is 12.4. The molecule has 39 heavy (non-hydrogen) atoms. The Morgan fingerprint density at radius 3 is 1.59 bits per heavy atom. The van der Waals surface area contributed by atoms with E-state index in [0.717, 1.165) is 31.2 Å². The monoisotopic (exact) mass is 650 g/mol. The highest BCUT2D eigenvalue weighted by Crippen LogP contribution is 2.31. The molecule has 0 bridgehead atoms. The van der Waals surface area contributed by atoms with Crippen LogP contribution in [0.15, 0.2) is 106 Å². The lowest BCUT2D eigenvalue weighted by atomic mass is 10.1. The predicted octanol–water partition coefficient (Wildman–Crippen LogP) is 6.62. The van der Waals surface area contributed by atoms with Gasteiger partial charge in [-0.15, -0.1) is 0 Å². The molecule has 4 rings (SSSR count). The van der Waals surface area contributed by atoms with E-state index < -0.39 is 0 Å². The second kappa shape index (κ2) is 14.0. The summed E-state index contributed by atoms with van der Waals surface area (Å²) in [7, 11) is 0. The first-order chi connectivity index (χ1) is 18.9. The van der Waals surface area contributed by atoms with Crippen LogP contribution in [-0.2, 0) is 9.59 Å². The maximum absolute atomic E-state index is 12.4. The molecule has 0 saturated heterocycles. The van der Waals surface area contributed by atoms with Crippen molar-refractivity contribution in [3.05, 3.63) is 106 Å². The molecule has 1 unspecified atom stereocenters. The quantitative estimate of drug-likeness (QED) is 0.191. The van der Waals surface area contributed by atoms with Gasteiger partial charge >= 0.3 is 0 Å². The van der Waals surface area contributed by atoms with E-state index in [-0.39, 0.29) is 37.6 Å². The fourth-order valence-electron chi connectivity index (χ4n) is 3.83. The van der Waals surface area contributed by atoms with Gasteiger partial charge < -0.3 is 20.1 Å².